The Morgan fingerprint density at radius 1 is 1.14 bits per heavy atom. The van der Waals surface area contributed by atoms with Crippen LogP contribution in [0.5, 0.6) is 0 Å². The average Bonchev–Trinajstić information content (AvgIpc) is 3.29. The SMILES string of the molecule is Nc1ncc(-c2cc3c(c(C4CCCN4)c2)COCC3)cc1-c1ccncc1F. The van der Waals surface area contributed by atoms with Crippen molar-refractivity contribution in [2.75, 3.05) is 18.9 Å². The topological polar surface area (TPSA) is 73.1 Å². The van der Waals surface area contributed by atoms with E-state index in [1.165, 1.54) is 29.3 Å². The van der Waals surface area contributed by atoms with E-state index in [1.807, 2.05) is 6.07 Å². The first-order valence-corrected chi connectivity index (χ1v) is 10.0. The molecule has 5 rings (SSSR count). The quantitative estimate of drug-likeness (QED) is 0.706. The second-order valence-corrected chi connectivity index (χ2v) is 7.67. The molecule has 148 valence electrons. The van der Waals surface area contributed by atoms with Crippen LogP contribution in [0.3, 0.4) is 0 Å². The van der Waals surface area contributed by atoms with Crippen LogP contribution < -0.4 is 11.1 Å². The summed E-state index contributed by atoms with van der Waals surface area (Å²) in [7, 11) is 0. The van der Waals surface area contributed by atoms with Crippen LogP contribution in [0.25, 0.3) is 22.3 Å². The van der Waals surface area contributed by atoms with E-state index >= 15 is 0 Å². The Kier molecular flexibility index (Phi) is 4.73. The number of nitrogens with zero attached hydrogens (tertiary/aromatic N) is 2. The molecule has 2 aromatic heterocycles. The van der Waals surface area contributed by atoms with Crippen molar-refractivity contribution in [1.82, 2.24) is 15.3 Å². The maximum absolute atomic E-state index is 14.3. The fourth-order valence-electron chi connectivity index (χ4n) is 4.38. The molecular weight excluding hydrogens is 367 g/mol. The number of halogens is 1. The molecule has 3 N–H and O–H groups in total. The lowest BCUT2D eigenvalue weighted by atomic mass is 9.88. The van der Waals surface area contributed by atoms with Gasteiger partial charge in [0.1, 0.15) is 11.6 Å². The van der Waals surface area contributed by atoms with Crippen molar-refractivity contribution in [2.24, 2.45) is 0 Å². The lowest BCUT2D eigenvalue weighted by Gasteiger charge is -2.25. The number of fused-ring (bicyclic) bond motifs is 1. The predicted molar refractivity (Wildman–Crippen MR) is 111 cm³/mol. The zero-order valence-electron chi connectivity index (χ0n) is 16.1. The van der Waals surface area contributed by atoms with Crippen LogP contribution in [0, 0.1) is 5.82 Å². The van der Waals surface area contributed by atoms with Gasteiger partial charge in [0.25, 0.3) is 0 Å². The van der Waals surface area contributed by atoms with Gasteiger partial charge in [0.15, 0.2) is 0 Å². The summed E-state index contributed by atoms with van der Waals surface area (Å²) in [5.74, 6) is -0.0977. The Balaban J connectivity index is 1.63. The molecule has 4 heterocycles. The summed E-state index contributed by atoms with van der Waals surface area (Å²) in [4.78, 5) is 8.19. The van der Waals surface area contributed by atoms with E-state index in [0.29, 0.717) is 29.6 Å². The standard InChI is InChI=1S/C23H23FN4O/c24-21-12-26-6-3-17(21)19-10-16(11-28-23(19)25)15-8-14-4-7-29-13-20(14)18(9-15)22-2-1-5-27-22/h3,6,8-12,22,27H,1-2,4-5,7,13H2,(H2,25,28). The van der Waals surface area contributed by atoms with Crippen molar-refractivity contribution in [3.05, 3.63) is 65.4 Å². The molecule has 0 saturated carbocycles. The van der Waals surface area contributed by atoms with Crippen LogP contribution in [0.4, 0.5) is 10.2 Å². The minimum atomic E-state index is -0.406. The maximum atomic E-state index is 14.3. The van der Waals surface area contributed by atoms with Crippen molar-refractivity contribution in [3.8, 4) is 22.3 Å². The number of hydrogen-bond donors (Lipinski definition) is 2. The average molecular weight is 390 g/mol. The van der Waals surface area contributed by atoms with Crippen LogP contribution in [0.1, 0.15) is 35.6 Å². The number of aromatic nitrogens is 2. The Morgan fingerprint density at radius 3 is 2.90 bits per heavy atom. The monoisotopic (exact) mass is 390 g/mol. The van der Waals surface area contributed by atoms with Gasteiger partial charge in [-0.2, -0.15) is 0 Å². The fraction of sp³-hybridized carbons (Fsp3) is 0.304. The van der Waals surface area contributed by atoms with Crippen LogP contribution in [0.15, 0.2) is 42.9 Å². The van der Waals surface area contributed by atoms with Gasteiger partial charge in [0.2, 0.25) is 0 Å². The van der Waals surface area contributed by atoms with E-state index in [4.69, 9.17) is 10.5 Å². The highest BCUT2D eigenvalue weighted by atomic mass is 19.1. The minimum absolute atomic E-state index is 0.308. The van der Waals surface area contributed by atoms with Crippen LogP contribution in [0.2, 0.25) is 0 Å². The summed E-state index contributed by atoms with van der Waals surface area (Å²) in [6.45, 7) is 2.44. The molecule has 0 spiro atoms. The Morgan fingerprint density at radius 2 is 2.07 bits per heavy atom. The van der Waals surface area contributed by atoms with Gasteiger partial charge in [-0.3, -0.25) is 4.98 Å². The van der Waals surface area contributed by atoms with Gasteiger partial charge in [-0.1, -0.05) is 6.07 Å². The number of anilines is 1. The molecule has 5 nitrogen and oxygen atoms in total. The third kappa shape index (κ3) is 3.39. The van der Waals surface area contributed by atoms with Gasteiger partial charge in [-0.05, 0) is 66.3 Å². The van der Waals surface area contributed by atoms with Gasteiger partial charge < -0.3 is 15.8 Å². The molecule has 1 saturated heterocycles. The lowest BCUT2D eigenvalue weighted by molar-refractivity contribution is 0.109. The summed E-state index contributed by atoms with van der Waals surface area (Å²) < 4.78 is 20.1. The smallest absolute Gasteiger partial charge is 0.149 e. The van der Waals surface area contributed by atoms with Crippen LogP contribution >= 0.6 is 0 Å². The predicted octanol–water partition coefficient (Wildman–Crippen LogP) is 4.03. The molecule has 1 atom stereocenters. The summed E-state index contributed by atoms with van der Waals surface area (Å²) >= 11 is 0. The third-order valence-electron chi connectivity index (χ3n) is 5.89. The molecule has 0 aliphatic carbocycles. The Bertz CT molecular complexity index is 1060. The van der Waals surface area contributed by atoms with E-state index < -0.39 is 5.82 Å². The van der Waals surface area contributed by atoms with Gasteiger partial charge in [0, 0.05) is 35.1 Å². The number of ether oxygens (including phenoxy) is 1. The molecule has 3 aromatic rings. The first kappa shape index (κ1) is 18.2. The zero-order chi connectivity index (χ0) is 19.8. The van der Waals surface area contributed by atoms with Gasteiger partial charge in [-0.15, -0.1) is 0 Å². The minimum Gasteiger partial charge on any atom is -0.383 e. The van der Waals surface area contributed by atoms with Gasteiger partial charge >= 0.3 is 0 Å². The summed E-state index contributed by atoms with van der Waals surface area (Å²) in [5, 5.41) is 3.61. The normalized spacial score (nSPS) is 18.6. The van der Waals surface area contributed by atoms with Crippen LogP contribution in [-0.2, 0) is 17.8 Å². The maximum Gasteiger partial charge on any atom is 0.149 e. The second-order valence-electron chi connectivity index (χ2n) is 7.67. The molecule has 1 fully saturated rings. The van der Waals surface area contributed by atoms with E-state index in [1.54, 1.807) is 18.5 Å². The molecule has 2 aliphatic heterocycles. The van der Waals surface area contributed by atoms with Gasteiger partial charge in [0.05, 0.1) is 19.4 Å². The fourth-order valence-corrected chi connectivity index (χ4v) is 4.38. The molecule has 0 amide bonds. The number of rotatable bonds is 3. The number of hydrogen-bond acceptors (Lipinski definition) is 5. The molecule has 2 aliphatic rings. The van der Waals surface area contributed by atoms with E-state index in [2.05, 4.69) is 27.4 Å². The summed E-state index contributed by atoms with van der Waals surface area (Å²) in [6.07, 6.45) is 7.74. The number of benzene rings is 1. The number of nitrogens with one attached hydrogen (secondary N) is 1. The van der Waals surface area contributed by atoms with Crippen molar-refractivity contribution >= 4 is 5.82 Å². The molecule has 1 aromatic carbocycles. The zero-order valence-corrected chi connectivity index (χ0v) is 16.1. The first-order chi connectivity index (χ1) is 14.2. The number of nitrogens with two attached hydrogens (primary N) is 1. The molecular formula is C23H23FN4O. The first-order valence-electron chi connectivity index (χ1n) is 10.0. The summed E-state index contributed by atoms with van der Waals surface area (Å²) in [5.41, 5.74) is 13.0. The third-order valence-corrected chi connectivity index (χ3v) is 5.89. The van der Waals surface area contributed by atoms with E-state index in [-0.39, 0.29) is 0 Å². The Hall–Kier alpha value is -2.83. The molecule has 0 radical (unpaired) electrons. The van der Waals surface area contributed by atoms with E-state index in [0.717, 1.165) is 37.1 Å². The lowest BCUT2D eigenvalue weighted by Crippen LogP contribution is -2.19. The van der Waals surface area contributed by atoms with Gasteiger partial charge in [-0.25, -0.2) is 9.37 Å². The molecule has 1 unspecified atom stereocenters. The highest BCUT2D eigenvalue weighted by molar-refractivity contribution is 5.80. The molecule has 0 bridgehead atoms. The van der Waals surface area contributed by atoms with E-state index in [9.17, 15) is 4.39 Å². The summed E-state index contributed by atoms with van der Waals surface area (Å²) in [6, 6.07) is 8.36. The van der Waals surface area contributed by atoms with Crippen molar-refractivity contribution in [1.29, 1.82) is 0 Å². The van der Waals surface area contributed by atoms with Crippen LogP contribution in [-0.4, -0.2) is 23.1 Å². The second kappa shape index (κ2) is 7.54. The number of nitrogen functional groups attached to an aromatic ring is 1. The molecule has 29 heavy (non-hydrogen) atoms. The number of pyridine rings is 2. The Labute approximate surface area is 169 Å². The van der Waals surface area contributed by atoms with Crippen molar-refractivity contribution in [3.63, 3.8) is 0 Å². The largest absolute Gasteiger partial charge is 0.383 e. The molecule has 6 heteroatoms. The van der Waals surface area contributed by atoms with Crippen molar-refractivity contribution < 1.29 is 9.13 Å². The highest BCUT2D eigenvalue weighted by Gasteiger charge is 2.24. The van der Waals surface area contributed by atoms with Crippen molar-refractivity contribution in [2.45, 2.75) is 31.9 Å². The highest BCUT2D eigenvalue weighted by Crippen LogP contribution is 2.37.